The van der Waals surface area contributed by atoms with Gasteiger partial charge in [0.1, 0.15) is 0 Å². The summed E-state index contributed by atoms with van der Waals surface area (Å²) in [5.41, 5.74) is 1.92. The van der Waals surface area contributed by atoms with Crippen LogP contribution in [0.4, 0.5) is 0 Å². The molecule has 0 N–H and O–H groups in total. The van der Waals surface area contributed by atoms with Gasteiger partial charge in [-0.1, -0.05) is 49.4 Å². The smallest absolute Gasteiger partial charge is 0.309 e. The lowest BCUT2D eigenvalue weighted by molar-refractivity contribution is -0.147. The summed E-state index contributed by atoms with van der Waals surface area (Å²) in [7, 11) is 0. The highest BCUT2D eigenvalue weighted by Crippen LogP contribution is 2.27. The normalized spacial score (nSPS) is 12.5. The Morgan fingerprint density at radius 3 is 2.41 bits per heavy atom. The number of rotatable bonds is 4. The minimum Gasteiger partial charge on any atom is -0.466 e. The predicted molar refractivity (Wildman–Crippen MR) is 88.8 cm³/mol. The molecule has 0 saturated carbocycles. The lowest BCUT2D eigenvalue weighted by Crippen LogP contribution is -2.17. The quantitative estimate of drug-likeness (QED) is 0.536. The number of hydrogen-bond donors (Lipinski definition) is 0. The Balaban J connectivity index is 2.09. The van der Waals surface area contributed by atoms with Crippen LogP contribution in [-0.2, 0) is 16.0 Å². The van der Waals surface area contributed by atoms with Gasteiger partial charge < -0.3 is 4.74 Å². The van der Waals surface area contributed by atoms with E-state index < -0.39 is 0 Å². The van der Waals surface area contributed by atoms with Crippen LogP contribution in [0.15, 0.2) is 48.5 Å². The van der Waals surface area contributed by atoms with Crippen LogP contribution in [0.3, 0.4) is 0 Å². The summed E-state index contributed by atoms with van der Waals surface area (Å²) in [6.07, 6.45) is 0.587. The van der Waals surface area contributed by atoms with Gasteiger partial charge in [-0.05, 0) is 18.4 Å². The van der Waals surface area contributed by atoms with Crippen molar-refractivity contribution in [1.29, 1.82) is 0 Å². The molecule has 3 aromatic rings. The lowest BCUT2D eigenvalue weighted by atomic mass is 9.98. The van der Waals surface area contributed by atoms with Crippen LogP contribution in [-0.4, -0.2) is 17.6 Å². The van der Waals surface area contributed by atoms with Crippen molar-refractivity contribution in [3.8, 4) is 0 Å². The molecule has 112 valence electrons. The first kappa shape index (κ1) is 14.5. The third kappa shape index (κ3) is 2.67. The lowest BCUT2D eigenvalue weighted by Gasteiger charge is -2.13. The molecule has 0 aliphatic rings. The second-order valence-electron chi connectivity index (χ2n) is 5.48. The molecule has 3 rings (SSSR count). The number of ether oxygens (including phenoxy) is 1. The number of para-hydroxylation sites is 1. The molecule has 3 nitrogen and oxygen atoms in total. The molecule has 1 atom stereocenters. The second kappa shape index (κ2) is 6.14. The van der Waals surface area contributed by atoms with Gasteiger partial charge in [-0.15, -0.1) is 0 Å². The number of hydrogen-bond acceptors (Lipinski definition) is 3. The molecule has 0 saturated heterocycles. The number of benzene rings is 2. The van der Waals surface area contributed by atoms with Gasteiger partial charge in [0.15, 0.2) is 0 Å². The van der Waals surface area contributed by atoms with E-state index in [0.29, 0.717) is 13.0 Å². The summed E-state index contributed by atoms with van der Waals surface area (Å²) in [4.78, 5) is 16.7. The van der Waals surface area contributed by atoms with E-state index in [-0.39, 0.29) is 11.9 Å². The van der Waals surface area contributed by atoms with E-state index in [9.17, 15) is 4.79 Å². The molecule has 1 aromatic heterocycles. The zero-order chi connectivity index (χ0) is 15.5. The molecule has 0 spiro atoms. The van der Waals surface area contributed by atoms with E-state index >= 15 is 0 Å². The van der Waals surface area contributed by atoms with Gasteiger partial charge >= 0.3 is 5.97 Å². The number of carbonyl (C=O) groups excluding carboxylic acids is 1. The van der Waals surface area contributed by atoms with E-state index in [2.05, 4.69) is 18.2 Å². The molecule has 0 radical (unpaired) electrons. The summed E-state index contributed by atoms with van der Waals surface area (Å²) in [5, 5.41) is 3.43. The molecule has 0 aliphatic heterocycles. The summed E-state index contributed by atoms with van der Waals surface area (Å²) in [5.74, 6) is -0.362. The Morgan fingerprint density at radius 2 is 1.68 bits per heavy atom. The highest BCUT2D eigenvalue weighted by atomic mass is 16.5. The monoisotopic (exact) mass is 293 g/mol. The van der Waals surface area contributed by atoms with Crippen LogP contribution in [0.5, 0.6) is 0 Å². The Bertz CT molecular complexity index is 826. The molecule has 0 fully saturated rings. The van der Waals surface area contributed by atoms with Crippen molar-refractivity contribution < 1.29 is 9.53 Å². The van der Waals surface area contributed by atoms with Crippen molar-refractivity contribution in [2.45, 2.75) is 20.3 Å². The molecular formula is C19H19NO2. The average Bonchev–Trinajstić information content (AvgIpc) is 2.55. The summed E-state index contributed by atoms with van der Waals surface area (Å²) in [6.45, 7) is 4.13. The number of nitrogens with zero attached hydrogens (tertiary/aromatic N) is 1. The largest absolute Gasteiger partial charge is 0.466 e. The summed E-state index contributed by atoms with van der Waals surface area (Å²) < 4.78 is 5.11. The minimum atomic E-state index is -0.197. The molecule has 0 aliphatic carbocycles. The van der Waals surface area contributed by atoms with Crippen LogP contribution < -0.4 is 0 Å². The number of aromatic nitrogens is 1. The standard InChI is InChI=1S/C19H19NO2/c1-3-22-19(21)13(2)12-18-16-10-5-4-8-14(16)15-9-6-7-11-17(15)20-18/h4-11,13H,3,12H2,1-2H3. The van der Waals surface area contributed by atoms with Crippen molar-refractivity contribution in [2.75, 3.05) is 6.61 Å². The fraction of sp³-hybridized carbons (Fsp3) is 0.263. The first-order chi connectivity index (χ1) is 10.7. The first-order valence-corrected chi connectivity index (χ1v) is 7.63. The number of carbonyl (C=O) groups is 1. The van der Waals surface area contributed by atoms with Crippen molar-refractivity contribution in [3.05, 3.63) is 54.2 Å². The van der Waals surface area contributed by atoms with Crippen LogP contribution in [0.1, 0.15) is 19.5 Å². The van der Waals surface area contributed by atoms with Gasteiger partial charge in [0.05, 0.1) is 18.0 Å². The molecule has 3 heteroatoms. The second-order valence-corrected chi connectivity index (χ2v) is 5.48. The fourth-order valence-electron chi connectivity index (χ4n) is 2.79. The van der Waals surface area contributed by atoms with Crippen molar-refractivity contribution in [3.63, 3.8) is 0 Å². The SMILES string of the molecule is CCOC(=O)C(C)Cc1nc2ccccc2c2ccccc12. The minimum absolute atomic E-state index is 0.165. The van der Waals surface area contributed by atoms with Crippen LogP contribution in [0.2, 0.25) is 0 Å². The molecule has 22 heavy (non-hydrogen) atoms. The van der Waals surface area contributed by atoms with Crippen molar-refractivity contribution >= 4 is 27.6 Å². The van der Waals surface area contributed by atoms with E-state index in [0.717, 1.165) is 22.0 Å². The average molecular weight is 293 g/mol. The highest BCUT2D eigenvalue weighted by Gasteiger charge is 2.17. The van der Waals surface area contributed by atoms with Gasteiger partial charge in [-0.25, -0.2) is 0 Å². The number of esters is 1. The first-order valence-electron chi connectivity index (χ1n) is 7.63. The third-order valence-electron chi connectivity index (χ3n) is 3.88. The maximum absolute atomic E-state index is 11.9. The maximum Gasteiger partial charge on any atom is 0.309 e. The molecule has 1 heterocycles. The van der Waals surface area contributed by atoms with Gasteiger partial charge in [0, 0.05) is 22.9 Å². The van der Waals surface area contributed by atoms with Crippen molar-refractivity contribution in [1.82, 2.24) is 4.98 Å². The van der Waals surface area contributed by atoms with Gasteiger partial charge in [0.2, 0.25) is 0 Å². The van der Waals surface area contributed by atoms with Crippen LogP contribution in [0.25, 0.3) is 21.7 Å². The molecule has 2 aromatic carbocycles. The molecular weight excluding hydrogens is 274 g/mol. The molecule has 1 unspecified atom stereocenters. The van der Waals surface area contributed by atoms with Crippen LogP contribution in [0, 0.1) is 5.92 Å². The molecule has 0 bridgehead atoms. The third-order valence-corrected chi connectivity index (χ3v) is 3.88. The summed E-state index contributed by atoms with van der Waals surface area (Å²) >= 11 is 0. The Kier molecular flexibility index (Phi) is 4.05. The molecule has 0 amide bonds. The maximum atomic E-state index is 11.9. The van der Waals surface area contributed by atoms with Crippen molar-refractivity contribution in [2.24, 2.45) is 5.92 Å². The Labute approximate surface area is 129 Å². The topological polar surface area (TPSA) is 39.2 Å². The van der Waals surface area contributed by atoms with Crippen LogP contribution >= 0.6 is 0 Å². The number of fused-ring (bicyclic) bond motifs is 3. The van der Waals surface area contributed by atoms with E-state index in [1.807, 2.05) is 44.2 Å². The van der Waals surface area contributed by atoms with E-state index in [1.165, 1.54) is 5.39 Å². The van der Waals surface area contributed by atoms with E-state index in [4.69, 9.17) is 9.72 Å². The fourth-order valence-corrected chi connectivity index (χ4v) is 2.79. The summed E-state index contributed by atoms with van der Waals surface area (Å²) in [6, 6.07) is 16.3. The number of pyridine rings is 1. The van der Waals surface area contributed by atoms with Gasteiger partial charge in [0.25, 0.3) is 0 Å². The predicted octanol–water partition coefficient (Wildman–Crippen LogP) is 4.13. The Hall–Kier alpha value is -2.42. The zero-order valence-electron chi connectivity index (χ0n) is 12.9. The van der Waals surface area contributed by atoms with Gasteiger partial charge in [-0.2, -0.15) is 0 Å². The zero-order valence-corrected chi connectivity index (χ0v) is 12.9. The Morgan fingerprint density at radius 1 is 1.05 bits per heavy atom. The highest BCUT2D eigenvalue weighted by molar-refractivity contribution is 6.06. The van der Waals surface area contributed by atoms with Gasteiger partial charge in [-0.3, -0.25) is 9.78 Å². The van der Waals surface area contributed by atoms with E-state index in [1.54, 1.807) is 0 Å².